The highest BCUT2D eigenvalue weighted by Gasteiger charge is 2.39. The zero-order chi connectivity index (χ0) is 16.3. The van der Waals surface area contributed by atoms with E-state index in [-0.39, 0.29) is 8.93 Å². The number of primary amides is 1. The molecule has 0 fully saturated rings. The van der Waals surface area contributed by atoms with E-state index in [0.29, 0.717) is 12.8 Å². The van der Waals surface area contributed by atoms with Crippen LogP contribution in [-0.2, 0) is 19.0 Å². The maximum atomic E-state index is 12.8. The molecule has 2 N–H and O–H groups in total. The van der Waals surface area contributed by atoms with E-state index < -0.39 is 22.7 Å². The first-order valence-corrected chi connectivity index (χ1v) is 8.38. The number of thiazole rings is 1. The highest BCUT2D eigenvalue weighted by Crippen LogP contribution is 2.35. The van der Waals surface area contributed by atoms with Gasteiger partial charge in [0.05, 0.1) is 5.01 Å². The second-order valence-corrected chi connectivity index (χ2v) is 7.48. The zero-order valence-electron chi connectivity index (χ0n) is 11.2. The van der Waals surface area contributed by atoms with Crippen LogP contribution < -0.4 is 5.73 Å². The highest BCUT2D eigenvalue weighted by atomic mass is 127. The molecule has 8 heteroatoms. The first-order chi connectivity index (χ1) is 10.3. The summed E-state index contributed by atoms with van der Waals surface area (Å²) in [5, 5.41) is 0.274. The van der Waals surface area contributed by atoms with E-state index in [2.05, 4.69) is 27.6 Å². The summed E-state index contributed by atoms with van der Waals surface area (Å²) in [5.74, 6) is -1.09. The van der Waals surface area contributed by atoms with Crippen LogP contribution in [0.4, 0.5) is 13.2 Å². The van der Waals surface area contributed by atoms with Gasteiger partial charge in [0.2, 0.25) is 0 Å². The number of halogens is 4. The Balaban J connectivity index is 2.14. The van der Waals surface area contributed by atoms with Crippen molar-refractivity contribution in [3.05, 3.63) is 51.5 Å². The van der Waals surface area contributed by atoms with Gasteiger partial charge in [-0.2, -0.15) is 13.2 Å². The van der Waals surface area contributed by atoms with E-state index in [1.807, 2.05) is 30.3 Å². The molecular formula is C14H12F3IN2OS. The number of nitrogens with two attached hydrogens (primary N) is 1. The van der Waals surface area contributed by atoms with Crippen molar-refractivity contribution in [3.63, 3.8) is 0 Å². The number of hydrogen-bond acceptors (Lipinski definition) is 3. The number of aromatic nitrogens is 1. The molecule has 1 amide bonds. The average Bonchev–Trinajstić information content (AvgIpc) is 2.83. The summed E-state index contributed by atoms with van der Waals surface area (Å²) in [4.78, 5) is 14.2. The molecule has 0 saturated carbocycles. The van der Waals surface area contributed by atoms with Gasteiger partial charge in [-0.05, 0) is 12.0 Å². The maximum absolute atomic E-state index is 12.8. The third kappa shape index (κ3) is 4.42. The van der Waals surface area contributed by atoms with Gasteiger partial charge in [0, 0.05) is 10.3 Å². The maximum Gasteiger partial charge on any atom is 0.435 e. The van der Waals surface area contributed by atoms with Gasteiger partial charge in [-0.25, -0.2) is 4.98 Å². The third-order valence-electron chi connectivity index (χ3n) is 2.86. The van der Waals surface area contributed by atoms with E-state index in [1.54, 1.807) is 0 Å². The lowest BCUT2D eigenvalue weighted by Crippen LogP contribution is -2.17. The number of amides is 1. The van der Waals surface area contributed by atoms with Crippen molar-refractivity contribution in [2.24, 2.45) is 5.73 Å². The van der Waals surface area contributed by atoms with Gasteiger partial charge in [-0.15, -0.1) is 11.3 Å². The molecule has 22 heavy (non-hydrogen) atoms. The van der Waals surface area contributed by atoms with Crippen LogP contribution in [-0.4, -0.2) is 14.8 Å². The standard InChI is InChI=1S/C14H12F3IN2OS/c15-14(16,17)12-11(13(19)21)22-10(20-12)7-9(18)6-8-4-2-1-3-5-8/h1-5,9H,6-7H2,(H2,19,21). The summed E-state index contributed by atoms with van der Waals surface area (Å²) in [6.07, 6.45) is -3.59. The van der Waals surface area contributed by atoms with Crippen molar-refractivity contribution in [1.82, 2.24) is 4.98 Å². The molecule has 1 aromatic carbocycles. The number of carbonyl (C=O) groups is 1. The van der Waals surface area contributed by atoms with Gasteiger partial charge in [-0.1, -0.05) is 52.9 Å². The molecular weight excluding hydrogens is 428 g/mol. The molecule has 1 atom stereocenters. The number of nitrogens with zero attached hydrogens (tertiary/aromatic N) is 1. The van der Waals surface area contributed by atoms with Crippen LogP contribution in [0.2, 0.25) is 0 Å². The second kappa shape index (κ2) is 6.95. The average molecular weight is 440 g/mol. The Kier molecular flexibility index (Phi) is 5.43. The van der Waals surface area contributed by atoms with Crippen molar-refractivity contribution in [3.8, 4) is 0 Å². The predicted octanol–water partition coefficient (Wildman–Crippen LogP) is 3.85. The molecule has 0 spiro atoms. The molecule has 1 unspecified atom stereocenters. The van der Waals surface area contributed by atoms with E-state index in [1.165, 1.54) is 0 Å². The minimum absolute atomic E-state index is 0.0768. The van der Waals surface area contributed by atoms with Crippen LogP contribution in [0.1, 0.15) is 25.9 Å². The zero-order valence-corrected chi connectivity index (χ0v) is 14.2. The van der Waals surface area contributed by atoms with Crippen molar-refractivity contribution in [2.75, 3.05) is 0 Å². The Bertz CT molecular complexity index is 658. The Morgan fingerprint density at radius 1 is 1.27 bits per heavy atom. The normalized spacial score (nSPS) is 13.1. The van der Waals surface area contributed by atoms with Crippen molar-refractivity contribution < 1.29 is 18.0 Å². The molecule has 3 nitrogen and oxygen atoms in total. The van der Waals surface area contributed by atoms with Crippen LogP contribution in [0.3, 0.4) is 0 Å². The second-order valence-electron chi connectivity index (χ2n) is 4.64. The SMILES string of the molecule is NC(=O)c1sc(CC(I)Cc2ccccc2)nc1C(F)(F)F. The summed E-state index contributed by atoms with van der Waals surface area (Å²) < 4.78 is 38.6. The van der Waals surface area contributed by atoms with Crippen LogP contribution >= 0.6 is 33.9 Å². The number of hydrogen-bond donors (Lipinski definition) is 1. The Morgan fingerprint density at radius 3 is 2.41 bits per heavy atom. The van der Waals surface area contributed by atoms with E-state index in [4.69, 9.17) is 5.73 Å². The minimum Gasteiger partial charge on any atom is -0.365 e. The van der Waals surface area contributed by atoms with Crippen molar-refractivity contribution in [2.45, 2.75) is 22.9 Å². The number of benzene rings is 1. The molecule has 0 aliphatic carbocycles. The molecule has 1 heterocycles. The van der Waals surface area contributed by atoms with Crippen LogP contribution in [0.15, 0.2) is 30.3 Å². The first-order valence-electron chi connectivity index (χ1n) is 6.32. The van der Waals surface area contributed by atoms with E-state index in [9.17, 15) is 18.0 Å². The quantitative estimate of drug-likeness (QED) is 0.568. The Labute approximate surface area is 142 Å². The largest absolute Gasteiger partial charge is 0.435 e. The lowest BCUT2D eigenvalue weighted by molar-refractivity contribution is -0.141. The van der Waals surface area contributed by atoms with Crippen molar-refractivity contribution >= 4 is 39.8 Å². The predicted molar refractivity (Wildman–Crippen MR) is 87.3 cm³/mol. The summed E-state index contributed by atoms with van der Waals surface area (Å²) >= 11 is 2.90. The summed E-state index contributed by atoms with van der Waals surface area (Å²) in [6.45, 7) is 0. The van der Waals surface area contributed by atoms with Crippen LogP contribution in [0.5, 0.6) is 0 Å². The molecule has 118 valence electrons. The summed E-state index contributed by atoms with van der Waals surface area (Å²) in [6, 6.07) is 9.65. The van der Waals surface area contributed by atoms with Crippen LogP contribution in [0, 0.1) is 0 Å². The summed E-state index contributed by atoms with van der Waals surface area (Å²) in [5.41, 5.74) is 4.93. The molecule has 2 aromatic rings. The fourth-order valence-electron chi connectivity index (χ4n) is 1.94. The monoisotopic (exact) mass is 440 g/mol. The molecule has 0 radical (unpaired) electrons. The Hall–Kier alpha value is -1.16. The van der Waals surface area contributed by atoms with Crippen LogP contribution in [0.25, 0.3) is 0 Å². The van der Waals surface area contributed by atoms with Gasteiger partial charge in [0.15, 0.2) is 5.69 Å². The van der Waals surface area contributed by atoms with Gasteiger partial charge in [-0.3, -0.25) is 4.79 Å². The van der Waals surface area contributed by atoms with Gasteiger partial charge in [0.1, 0.15) is 4.88 Å². The number of alkyl halides is 4. The number of rotatable bonds is 5. The van der Waals surface area contributed by atoms with Gasteiger partial charge < -0.3 is 5.73 Å². The molecule has 0 aliphatic heterocycles. The molecule has 0 bridgehead atoms. The third-order valence-corrected chi connectivity index (χ3v) is 4.83. The topological polar surface area (TPSA) is 56.0 Å². The first kappa shape index (κ1) is 17.2. The molecule has 2 rings (SSSR count). The molecule has 0 saturated heterocycles. The lowest BCUT2D eigenvalue weighted by Gasteiger charge is -2.07. The lowest BCUT2D eigenvalue weighted by atomic mass is 10.1. The van der Waals surface area contributed by atoms with Gasteiger partial charge >= 0.3 is 6.18 Å². The highest BCUT2D eigenvalue weighted by molar-refractivity contribution is 14.1. The fourth-order valence-corrected chi connectivity index (χ4v) is 4.18. The Morgan fingerprint density at radius 2 is 1.91 bits per heavy atom. The number of carbonyl (C=O) groups excluding carboxylic acids is 1. The van der Waals surface area contributed by atoms with E-state index in [0.717, 1.165) is 16.9 Å². The smallest absolute Gasteiger partial charge is 0.365 e. The van der Waals surface area contributed by atoms with E-state index >= 15 is 0 Å². The van der Waals surface area contributed by atoms with Crippen molar-refractivity contribution in [1.29, 1.82) is 0 Å². The minimum atomic E-state index is -4.67. The fraction of sp³-hybridized carbons (Fsp3) is 0.286. The summed E-state index contributed by atoms with van der Waals surface area (Å²) in [7, 11) is 0. The molecule has 0 aliphatic rings. The molecule has 1 aromatic heterocycles. The van der Waals surface area contributed by atoms with Gasteiger partial charge in [0.25, 0.3) is 5.91 Å².